The summed E-state index contributed by atoms with van der Waals surface area (Å²) in [5.74, 6) is -0.0374. The number of nitrogens with one attached hydrogen (secondary N) is 1. The molecule has 2 N–H and O–H groups in total. The van der Waals surface area contributed by atoms with Crippen LogP contribution < -0.4 is 5.32 Å². The highest BCUT2D eigenvalue weighted by Gasteiger charge is 2.11. The van der Waals surface area contributed by atoms with Gasteiger partial charge in [0.1, 0.15) is 11.6 Å². The second kappa shape index (κ2) is 7.97. The first kappa shape index (κ1) is 14.8. The molecular weight excluding hydrogens is 253 g/mol. The number of phenolic OH excluding ortho intramolecular Hbond substituents is 1. The Morgan fingerprint density at radius 2 is 2.17 bits per heavy atom. The van der Waals surface area contributed by atoms with Gasteiger partial charge in [0, 0.05) is 6.54 Å². The van der Waals surface area contributed by atoms with Crippen LogP contribution in [-0.4, -0.2) is 29.6 Å². The van der Waals surface area contributed by atoms with Crippen LogP contribution in [0, 0.1) is 5.82 Å². The third-order valence-corrected chi connectivity index (χ3v) is 3.21. The van der Waals surface area contributed by atoms with E-state index < -0.39 is 11.7 Å². The van der Waals surface area contributed by atoms with Gasteiger partial charge in [0.25, 0.3) is 5.91 Å². The predicted octanol–water partition coefficient (Wildman–Crippen LogP) is 2.79. The first-order chi connectivity index (χ1) is 8.65. The van der Waals surface area contributed by atoms with E-state index in [1.165, 1.54) is 6.07 Å². The molecule has 18 heavy (non-hydrogen) atoms. The van der Waals surface area contributed by atoms with Crippen molar-refractivity contribution >= 4 is 17.7 Å². The summed E-state index contributed by atoms with van der Waals surface area (Å²) in [6.07, 6.45) is 5.13. The van der Waals surface area contributed by atoms with Crippen LogP contribution in [0.5, 0.6) is 5.75 Å². The number of aromatic hydroxyl groups is 1. The molecule has 100 valence electrons. The molecular formula is C13H18FNO2S. The largest absolute Gasteiger partial charge is 0.507 e. The number of hydrogen-bond donors (Lipinski definition) is 2. The lowest BCUT2D eigenvalue weighted by Gasteiger charge is -2.06. The zero-order valence-electron chi connectivity index (χ0n) is 10.4. The number of carbonyl (C=O) groups excluding carboxylic acids is 1. The fraction of sp³-hybridized carbons (Fsp3) is 0.462. The van der Waals surface area contributed by atoms with E-state index in [1.807, 2.05) is 0 Å². The minimum absolute atomic E-state index is 0.0147. The number of amides is 1. The maximum absolute atomic E-state index is 12.9. The highest BCUT2D eigenvalue weighted by Crippen LogP contribution is 2.17. The highest BCUT2D eigenvalue weighted by molar-refractivity contribution is 7.98. The molecule has 1 aromatic rings. The molecule has 0 fully saturated rings. The molecule has 0 spiro atoms. The van der Waals surface area contributed by atoms with Gasteiger partial charge in [-0.1, -0.05) is 6.42 Å². The van der Waals surface area contributed by atoms with Crippen LogP contribution in [-0.2, 0) is 0 Å². The van der Waals surface area contributed by atoms with E-state index in [0.29, 0.717) is 6.54 Å². The van der Waals surface area contributed by atoms with Gasteiger partial charge >= 0.3 is 0 Å². The van der Waals surface area contributed by atoms with Gasteiger partial charge in [-0.15, -0.1) is 0 Å². The minimum atomic E-state index is -0.530. The number of halogens is 1. The van der Waals surface area contributed by atoms with Crippen molar-refractivity contribution in [1.29, 1.82) is 0 Å². The average molecular weight is 271 g/mol. The summed E-state index contributed by atoms with van der Waals surface area (Å²) >= 11 is 1.80. The lowest BCUT2D eigenvalue weighted by atomic mass is 10.1. The van der Waals surface area contributed by atoms with E-state index in [1.54, 1.807) is 11.8 Å². The van der Waals surface area contributed by atoms with Crippen molar-refractivity contribution in [3.8, 4) is 5.75 Å². The predicted molar refractivity (Wildman–Crippen MR) is 72.6 cm³/mol. The molecule has 0 saturated carbocycles. The number of phenols is 1. The van der Waals surface area contributed by atoms with Gasteiger partial charge in [-0.05, 0) is 43.0 Å². The number of hydrogen-bond acceptors (Lipinski definition) is 3. The molecule has 0 radical (unpaired) electrons. The topological polar surface area (TPSA) is 49.3 Å². The Hall–Kier alpha value is -1.23. The molecule has 0 unspecified atom stereocenters. The Labute approximate surface area is 111 Å². The second-order valence-electron chi connectivity index (χ2n) is 3.97. The molecule has 0 bridgehead atoms. The van der Waals surface area contributed by atoms with Crippen molar-refractivity contribution in [1.82, 2.24) is 5.32 Å². The van der Waals surface area contributed by atoms with E-state index >= 15 is 0 Å². The number of rotatable bonds is 7. The molecule has 0 aliphatic rings. The summed E-state index contributed by atoms with van der Waals surface area (Å²) in [6.45, 7) is 0.545. The monoisotopic (exact) mass is 271 g/mol. The fourth-order valence-corrected chi connectivity index (χ4v) is 2.03. The molecule has 0 aliphatic heterocycles. The smallest absolute Gasteiger partial charge is 0.255 e. The third-order valence-electron chi connectivity index (χ3n) is 2.51. The van der Waals surface area contributed by atoms with Gasteiger partial charge in [0.05, 0.1) is 5.56 Å². The number of unbranched alkanes of at least 4 members (excludes halogenated alkanes) is 2. The van der Waals surface area contributed by atoms with Crippen molar-refractivity contribution in [2.75, 3.05) is 18.6 Å². The lowest BCUT2D eigenvalue weighted by molar-refractivity contribution is 0.0950. The van der Waals surface area contributed by atoms with Crippen LogP contribution in [0.15, 0.2) is 18.2 Å². The van der Waals surface area contributed by atoms with Gasteiger partial charge in [0.2, 0.25) is 0 Å². The summed E-state index contributed by atoms with van der Waals surface area (Å²) in [7, 11) is 0. The van der Waals surface area contributed by atoms with E-state index in [2.05, 4.69) is 11.6 Å². The third kappa shape index (κ3) is 4.96. The molecule has 5 heteroatoms. The molecule has 0 atom stereocenters. The maximum Gasteiger partial charge on any atom is 0.255 e. The normalized spacial score (nSPS) is 10.3. The van der Waals surface area contributed by atoms with E-state index in [9.17, 15) is 14.3 Å². The molecule has 3 nitrogen and oxygen atoms in total. The average Bonchev–Trinajstić information content (AvgIpc) is 2.36. The summed E-state index contributed by atoms with van der Waals surface area (Å²) in [5, 5.41) is 12.1. The van der Waals surface area contributed by atoms with Crippen molar-refractivity contribution < 1.29 is 14.3 Å². The maximum atomic E-state index is 12.9. The van der Waals surface area contributed by atoms with Crippen LogP contribution in [0.3, 0.4) is 0 Å². The van der Waals surface area contributed by atoms with Crippen molar-refractivity contribution in [2.24, 2.45) is 0 Å². The van der Waals surface area contributed by atoms with Gasteiger partial charge in [-0.2, -0.15) is 11.8 Å². The van der Waals surface area contributed by atoms with Crippen LogP contribution in [0.2, 0.25) is 0 Å². The zero-order chi connectivity index (χ0) is 13.4. The number of thioether (sulfide) groups is 1. The summed E-state index contributed by atoms with van der Waals surface area (Å²) in [4.78, 5) is 11.7. The van der Waals surface area contributed by atoms with Gasteiger partial charge in [-0.3, -0.25) is 4.79 Å². The van der Waals surface area contributed by atoms with E-state index in [4.69, 9.17) is 0 Å². The Bertz CT molecular complexity index is 399. The van der Waals surface area contributed by atoms with Crippen LogP contribution in [0.4, 0.5) is 4.39 Å². The summed E-state index contributed by atoms with van der Waals surface area (Å²) in [5.41, 5.74) is -0.0147. The Balaban J connectivity index is 2.34. The van der Waals surface area contributed by atoms with Crippen LogP contribution >= 0.6 is 11.8 Å². The number of carbonyl (C=O) groups is 1. The SMILES string of the molecule is CSCCCCCNC(=O)c1cc(F)ccc1O. The Morgan fingerprint density at radius 3 is 2.89 bits per heavy atom. The second-order valence-corrected chi connectivity index (χ2v) is 4.96. The Kier molecular flexibility index (Phi) is 6.57. The molecule has 0 aliphatic carbocycles. The lowest BCUT2D eigenvalue weighted by Crippen LogP contribution is -2.24. The van der Waals surface area contributed by atoms with Crippen molar-refractivity contribution in [3.63, 3.8) is 0 Å². The number of benzene rings is 1. The van der Waals surface area contributed by atoms with Gasteiger partial charge < -0.3 is 10.4 Å². The quantitative estimate of drug-likeness (QED) is 0.750. The zero-order valence-corrected chi connectivity index (χ0v) is 11.2. The fourth-order valence-electron chi connectivity index (χ4n) is 1.54. The van der Waals surface area contributed by atoms with Gasteiger partial charge in [0.15, 0.2) is 0 Å². The molecule has 0 aromatic heterocycles. The van der Waals surface area contributed by atoms with E-state index in [-0.39, 0.29) is 11.3 Å². The molecule has 0 heterocycles. The Morgan fingerprint density at radius 1 is 1.39 bits per heavy atom. The van der Waals surface area contributed by atoms with E-state index in [0.717, 1.165) is 37.1 Å². The molecule has 1 amide bonds. The van der Waals surface area contributed by atoms with Gasteiger partial charge in [-0.25, -0.2) is 4.39 Å². The highest BCUT2D eigenvalue weighted by atomic mass is 32.2. The summed E-state index contributed by atoms with van der Waals surface area (Å²) < 4.78 is 12.9. The van der Waals surface area contributed by atoms with Crippen molar-refractivity contribution in [2.45, 2.75) is 19.3 Å². The minimum Gasteiger partial charge on any atom is -0.507 e. The summed E-state index contributed by atoms with van der Waals surface area (Å²) in [6, 6.07) is 3.34. The molecule has 1 rings (SSSR count). The standard InChI is InChI=1S/C13H18FNO2S/c1-18-8-4-2-3-7-15-13(17)11-9-10(14)5-6-12(11)16/h5-6,9,16H,2-4,7-8H2,1H3,(H,15,17). The van der Waals surface area contributed by atoms with Crippen molar-refractivity contribution in [3.05, 3.63) is 29.6 Å². The first-order valence-corrected chi connectivity index (χ1v) is 7.30. The molecule has 1 aromatic carbocycles. The molecule has 0 saturated heterocycles. The van der Waals surface area contributed by atoms with Crippen LogP contribution in [0.25, 0.3) is 0 Å². The van der Waals surface area contributed by atoms with Crippen LogP contribution in [0.1, 0.15) is 29.6 Å². The first-order valence-electron chi connectivity index (χ1n) is 5.91.